The van der Waals surface area contributed by atoms with Crippen molar-refractivity contribution in [1.29, 1.82) is 0 Å². The first-order valence-corrected chi connectivity index (χ1v) is 8.87. The van der Waals surface area contributed by atoms with Crippen molar-refractivity contribution in [1.82, 2.24) is 10.6 Å². The molecule has 0 spiro atoms. The van der Waals surface area contributed by atoms with Gasteiger partial charge in [-0.1, -0.05) is 30.3 Å². The van der Waals surface area contributed by atoms with Crippen LogP contribution in [0.5, 0.6) is 0 Å². The standard InChI is InChI=1S/C15H22N2O3S/c1-21(19)8-7-16-13-9-14(10-13)17-15(18)20-11-12-5-3-2-4-6-12/h2-6,13-14,16H,7-11H2,1H3,(H,17,18). The number of alkyl carbamates (subject to hydrolysis) is 1. The second-order valence-corrected chi connectivity index (χ2v) is 6.86. The summed E-state index contributed by atoms with van der Waals surface area (Å²) in [5, 5.41) is 6.18. The van der Waals surface area contributed by atoms with Crippen molar-refractivity contribution in [3.05, 3.63) is 35.9 Å². The van der Waals surface area contributed by atoms with Crippen LogP contribution >= 0.6 is 0 Å². The Balaban J connectivity index is 1.55. The molecule has 21 heavy (non-hydrogen) atoms. The van der Waals surface area contributed by atoms with E-state index in [0.29, 0.717) is 18.4 Å². The van der Waals surface area contributed by atoms with Crippen molar-refractivity contribution in [2.75, 3.05) is 18.6 Å². The minimum Gasteiger partial charge on any atom is -0.445 e. The van der Waals surface area contributed by atoms with E-state index in [9.17, 15) is 9.00 Å². The number of rotatable bonds is 7. The highest BCUT2D eigenvalue weighted by Gasteiger charge is 2.30. The smallest absolute Gasteiger partial charge is 0.407 e. The lowest BCUT2D eigenvalue weighted by Crippen LogP contribution is -2.53. The van der Waals surface area contributed by atoms with Gasteiger partial charge in [-0.15, -0.1) is 0 Å². The van der Waals surface area contributed by atoms with E-state index in [-0.39, 0.29) is 12.1 Å². The molecule has 116 valence electrons. The molecule has 1 unspecified atom stereocenters. The van der Waals surface area contributed by atoms with Crippen LogP contribution in [-0.2, 0) is 22.1 Å². The molecule has 1 aromatic carbocycles. The van der Waals surface area contributed by atoms with Gasteiger partial charge in [0.1, 0.15) is 6.61 Å². The van der Waals surface area contributed by atoms with Gasteiger partial charge in [-0.05, 0) is 18.4 Å². The minimum atomic E-state index is -0.751. The summed E-state index contributed by atoms with van der Waals surface area (Å²) in [6.07, 6.45) is 3.14. The molecule has 0 bridgehead atoms. The van der Waals surface area contributed by atoms with Crippen molar-refractivity contribution >= 4 is 16.9 Å². The maximum absolute atomic E-state index is 11.6. The van der Waals surface area contributed by atoms with Crippen LogP contribution in [0.4, 0.5) is 4.79 Å². The van der Waals surface area contributed by atoms with Crippen LogP contribution in [-0.4, -0.2) is 40.9 Å². The minimum absolute atomic E-state index is 0.179. The molecular formula is C15H22N2O3S. The SMILES string of the molecule is CS(=O)CCNC1CC(NC(=O)OCc2ccccc2)C1. The molecule has 5 nitrogen and oxygen atoms in total. The summed E-state index contributed by atoms with van der Waals surface area (Å²) < 4.78 is 16.1. The van der Waals surface area contributed by atoms with Gasteiger partial charge >= 0.3 is 6.09 Å². The summed E-state index contributed by atoms with van der Waals surface area (Å²) in [5.41, 5.74) is 0.980. The second-order valence-electron chi connectivity index (χ2n) is 5.30. The van der Waals surface area contributed by atoms with Crippen molar-refractivity contribution in [2.24, 2.45) is 0 Å². The van der Waals surface area contributed by atoms with E-state index >= 15 is 0 Å². The van der Waals surface area contributed by atoms with Gasteiger partial charge < -0.3 is 15.4 Å². The zero-order valence-corrected chi connectivity index (χ0v) is 13.0. The van der Waals surface area contributed by atoms with Crippen LogP contribution in [0.2, 0.25) is 0 Å². The fraction of sp³-hybridized carbons (Fsp3) is 0.533. The summed E-state index contributed by atoms with van der Waals surface area (Å²) in [5.74, 6) is 0.674. The third-order valence-corrected chi connectivity index (χ3v) is 4.27. The van der Waals surface area contributed by atoms with Crippen molar-refractivity contribution in [2.45, 2.75) is 31.5 Å². The second kappa shape index (κ2) is 8.14. The van der Waals surface area contributed by atoms with Crippen molar-refractivity contribution in [3.63, 3.8) is 0 Å². The van der Waals surface area contributed by atoms with Gasteiger partial charge in [-0.2, -0.15) is 0 Å². The van der Waals surface area contributed by atoms with Gasteiger partial charge in [0.05, 0.1) is 0 Å². The van der Waals surface area contributed by atoms with Crippen LogP contribution in [0.25, 0.3) is 0 Å². The average molecular weight is 310 g/mol. The zero-order chi connectivity index (χ0) is 15.1. The Bertz CT molecular complexity index is 475. The third kappa shape index (κ3) is 5.85. The number of hydrogen-bond donors (Lipinski definition) is 2. The summed E-state index contributed by atoms with van der Waals surface area (Å²) >= 11 is 0. The topological polar surface area (TPSA) is 67.4 Å². The predicted molar refractivity (Wildman–Crippen MR) is 83.5 cm³/mol. The van der Waals surface area contributed by atoms with Crippen LogP contribution in [0.1, 0.15) is 18.4 Å². The van der Waals surface area contributed by atoms with E-state index in [1.165, 1.54) is 0 Å². The Morgan fingerprint density at radius 2 is 2.00 bits per heavy atom. The van der Waals surface area contributed by atoms with Gasteiger partial charge in [0.15, 0.2) is 0 Å². The molecule has 0 aliphatic heterocycles. The lowest BCUT2D eigenvalue weighted by Gasteiger charge is -2.36. The van der Waals surface area contributed by atoms with E-state index in [0.717, 1.165) is 24.9 Å². The molecule has 1 atom stereocenters. The molecule has 1 saturated carbocycles. The fourth-order valence-electron chi connectivity index (χ4n) is 2.24. The summed E-state index contributed by atoms with van der Waals surface area (Å²) in [6.45, 7) is 1.06. The molecule has 0 saturated heterocycles. The number of carbonyl (C=O) groups is 1. The molecule has 2 N–H and O–H groups in total. The largest absolute Gasteiger partial charge is 0.445 e. The van der Waals surface area contributed by atoms with E-state index in [2.05, 4.69) is 10.6 Å². The highest BCUT2D eigenvalue weighted by atomic mass is 32.2. The molecular weight excluding hydrogens is 288 g/mol. The Kier molecular flexibility index (Phi) is 6.20. The summed E-state index contributed by atoms with van der Waals surface area (Å²) in [7, 11) is -0.751. The van der Waals surface area contributed by atoms with E-state index < -0.39 is 10.8 Å². The van der Waals surface area contributed by atoms with Crippen LogP contribution < -0.4 is 10.6 Å². The first-order chi connectivity index (χ1) is 10.1. The normalized spacial score (nSPS) is 22.1. The highest BCUT2D eigenvalue weighted by Crippen LogP contribution is 2.19. The molecule has 2 rings (SSSR count). The van der Waals surface area contributed by atoms with Gasteiger partial charge in [-0.25, -0.2) is 4.79 Å². The summed E-state index contributed by atoms with van der Waals surface area (Å²) in [4.78, 5) is 11.6. The number of benzene rings is 1. The number of hydrogen-bond acceptors (Lipinski definition) is 4. The predicted octanol–water partition coefficient (Wildman–Crippen LogP) is 1.41. The maximum atomic E-state index is 11.6. The molecule has 1 fully saturated rings. The van der Waals surface area contributed by atoms with Gasteiger partial charge in [0.25, 0.3) is 0 Å². The van der Waals surface area contributed by atoms with Crippen LogP contribution in [0.3, 0.4) is 0 Å². The Labute approximate surface area is 127 Å². The van der Waals surface area contributed by atoms with Gasteiger partial charge in [0.2, 0.25) is 0 Å². The monoisotopic (exact) mass is 310 g/mol. The highest BCUT2D eigenvalue weighted by molar-refractivity contribution is 7.84. The Morgan fingerprint density at radius 1 is 1.29 bits per heavy atom. The average Bonchev–Trinajstić information content (AvgIpc) is 2.43. The molecule has 0 radical (unpaired) electrons. The maximum Gasteiger partial charge on any atom is 0.407 e. The molecule has 1 aromatic rings. The van der Waals surface area contributed by atoms with E-state index in [1.54, 1.807) is 6.26 Å². The molecule has 6 heteroatoms. The quantitative estimate of drug-likeness (QED) is 0.799. The number of amides is 1. The lowest BCUT2D eigenvalue weighted by molar-refractivity contribution is 0.126. The first-order valence-electron chi connectivity index (χ1n) is 7.14. The Hall–Kier alpha value is -1.40. The fourth-order valence-corrected chi connectivity index (χ4v) is 2.65. The van der Waals surface area contributed by atoms with Gasteiger partial charge in [-0.3, -0.25) is 4.21 Å². The first kappa shape index (κ1) is 16.0. The van der Waals surface area contributed by atoms with Gasteiger partial charge in [0, 0.05) is 41.4 Å². The molecule has 0 heterocycles. The molecule has 1 aliphatic rings. The third-order valence-electron chi connectivity index (χ3n) is 3.50. The summed E-state index contributed by atoms with van der Waals surface area (Å²) in [6, 6.07) is 10.2. The van der Waals surface area contributed by atoms with Crippen LogP contribution in [0, 0.1) is 0 Å². The number of nitrogens with one attached hydrogen (secondary N) is 2. The number of ether oxygens (including phenoxy) is 1. The molecule has 1 amide bonds. The van der Waals surface area contributed by atoms with E-state index in [4.69, 9.17) is 4.74 Å². The van der Waals surface area contributed by atoms with Crippen LogP contribution in [0.15, 0.2) is 30.3 Å². The zero-order valence-electron chi connectivity index (χ0n) is 12.2. The Morgan fingerprint density at radius 3 is 2.67 bits per heavy atom. The van der Waals surface area contributed by atoms with Crippen molar-refractivity contribution < 1.29 is 13.7 Å². The van der Waals surface area contributed by atoms with E-state index in [1.807, 2.05) is 30.3 Å². The lowest BCUT2D eigenvalue weighted by atomic mass is 9.87. The molecule has 1 aliphatic carbocycles. The van der Waals surface area contributed by atoms with Crippen molar-refractivity contribution in [3.8, 4) is 0 Å². The number of carbonyl (C=O) groups excluding carboxylic acids is 1. The molecule has 0 aromatic heterocycles.